The summed E-state index contributed by atoms with van der Waals surface area (Å²) in [5.74, 6) is 1.13. The normalized spacial score (nSPS) is 11.9. The molecular formula is C29H40N4O5. The van der Waals surface area contributed by atoms with E-state index in [1.807, 2.05) is 26.0 Å². The minimum Gasteiger partial charge on any atom is -0.490 e. The largest absolute Gasteiger partial charge is 0.490 e. The number of benzene rings is 2. The number of nitrogens with one attached hydrogen (secondary N) is 2. The van der Waals surface area contributed by atoms with Crippen molar-refractivity contribution in [2.75, 3.05) is 26.3 Å². The van der Waals surface area contributed by atoms with Crippen molar-refractivity contribution in [3.8, 4) is 28.6 Å². The van der Waals surface area contributed by atoms with Crippen molar-refractivity contribution in [3.63, 3.8) is 0 Å². The number of aromatic nitrogens is 2. The van der Waals surface area contributed by atoms with Crippen molar-refractivity contribution in [3.05, 3.63) is 52.6 Å². The number of ether oxygens (including phenoxy) is 1. The number of hydrogen-bond acceptors (Lipinski definition) is 8. The van der Waals surface area contributed by atoms with Crippen LogP contribution in [0, 0.1) is 6.92 Å². The SMILES string of the molecule is CCCNCc1cc(CCC)cc(-c2nc(-c3cc(C)c(OC[C@@H](O)CNC(=O)CO)c(CC)c3)no2)c1. The highest BCUT2D eigenvalue weighted by atomic mass is 16.5. The lowest BCUT2D eigenvalue weighted by atomic mass is 10.0. The smallest absolute Gasteiger partial charge is 0.258 e. The van der Waals surface area contributed by atoms with Gasteiger partial charge in [-0.1, -0.05) is 38.4 Å². The first-order valence-electron chi connectivity index (χ1n) is 13.4. The lowest BCUT2D eigenvalue weighted by Crippen LogP contribution is -2.36. The van der Waals surface area contributed by atoms with Crippen molar-refractivity contribution in [1.82, 2.24) is 20.8 Å². The Morgan fingerprint density at radius 3 is 2.58 bits per heavy atom. The molecule has 1 heterocycles. The van der Waals surface area contributed by atoms with Crippen LogP contribution in [0.4, 0.5) is 0 Å². The van der Waals surface area contributed by atoms with E-state index >= 15 is 0 Å². The second kappa shape index (κ2) is 14.6. The summed E-state index contributed by atoms with van der Waals surface area (Å²) in [5.41, 5.74) is 6.02. The highest BCUT2D eigenvalue weighted by Gasteiger charge is 2.17. The van der Waals surface area contributed by atoms with Crippen molar-refractivity contribution < 1.29 is 24.3 Å². The van der Waals surface area contributed by atoms with Gasteiger partial charge >= 0.3 is 0 Å². The molecular weight excluding hydrogens is 484 g/mol. The maximum atomic E-state index is 11.2. The van der Waals surface area contributed by atoms with Crippen LogP contribution in [0.15, 0.2) is 34.9 Å². The van der Waals surface area contributed by atoms with E-state index < -0.39 is 18.6 Å². The number of amides is 1. The number of hydrogen-bond donors (Lipinski definition) is 4. The molecule has 4 N–H and O–H groups in total. The second-order valence-electron chi connectivity index (χ2n) is 9.45. The van der Waals surface area contributed by atoms with Gasteiger partial charge in [-0.2, -0.15) is 4.98 Å². The van der Waals surface area contributed by atoms with Gasteiger partial charge in [0.05, 0.1) is 0 Å². The Labute approximate surface area is 224 Å². The van der Waals surface area contributed by atoms with E-state index in [0.717, 1.165) is 54.6 Å². The van der Waals surface area contributed by atoms with Gasteiger partial charge in [0, 0.05) is 24.2 Å². The molecule has 206 valence electrons. The summed E-state index contributed by atoms with van der Waals surface area (Å²) in [6, 6.07) is 10.4. The van der Waals surface area contributed by atoms with Crippen molar-refractivity contribution in [2.45, 2.75) is 66.0 Å². The van der Waals surface area contributed by atoms with Gasteiger partial charge in [0.1, 0.15) is 25.1 Å². The second-order valence-corrected chi connectivity index (χ2v) is 9.45. The summed E-state index contributed by atoms with van der Waals surface area (Å²) in [6.07, 6.45) is 2.93. The molecule has 0 unspecified atom stereocenters. The molecule has 0 saturated heterocycles. The van der Waals surface area contributed by atoms with E-state index in [4.69, 9.17) is 19.4 Å². The summed E-state index contributed by atoms with van der Waals surface area (Å²) in [6.45, 7) is 9.44. The Morgan fingerprint density at radius 1 is 1.08 bits per heavy atom. The average molecular weight is 525 g/mol. The van der Waals surface area contributed by atoms with Crippen LogP contribution >= 0.6 is 0 Å². The fourth-order valence-electron chi connectivity index (χ4n) is 4.26. The molecule has 38 heavy (non-hydrogen) atoms. The summed E-state index contributed by atoms with van der Waals surface area (Å²) in [4.78, 5) is 15.9. The summed E-state index contributed by atoms with van der Waals surface area (Å²) in [5, 5.41) is 29.1. The van der Waals surface area contributed by atoms with Crippen molar-refractivity contribution >= 4 is 5.91 Å². The quantitative estimate of drug-likeness (QED) is 0.222. The third-order valence-corrected chi connectivity index (χ3v) is 6.11. The highest BCUT2D eigenvalue weighted by Crippen LogP contribution is 2.31. The van der Waals surface area contributed by atoms with Gasteiger partial charge in [0.15, 0.2) is 0 Å². The standard InChI is InChI=1S/C29H40N4O5/c1-5-8-20-11-21(15-30-9-6-2)13-24(12-20)29-32-28(33-38-29)23-10-19(4)27(22(7-3)14-23)37-18-25(35)16-31-26(36)17-34/h10-14,25,30,34-35H,5-9,15-18H2,1-4H3,(H,31,36)/t25-/m0/s1. The van der Waals surface area contributed by atoms with Crippen LogP contribution in [0.3, 0.4) is 0 Å². The molecule has 0 fully saturated rings. The van der Waals surface area contributed by atoms with Crippen LogP contribution in [0.2, 0.25) is 0 Å². The molecule has 1 aromatic heterocycles. The van der Waals surface area contributed by atoms with E-state index in [2.05, 4.69) is 47.8 Å². The number of carbonyl (C=O) groups excluding carboxylic acids is 1. The molecule has 3 rings (SSSR count). The molecule has 0 aliphatic heterocycles. The van der Waals surface area contributed by atoms with Crippen LogP contribution in [0.25, 0.3) is 22.8 Å². The maximum absolute atomic E-state index is 11.2. The summed E-state index contributed by atoms with van der Waals surface area (Å²) >= 11 is 0. The van der Waals surface area contributed by atoms with Gasteiger partial charge in [0.2, 0.25) is 11.7 Å². The predicted molar refractivity (Wildman–Crippen MR) is 147 cm³/mol. The van der Waals surface area contributed by atoms with Crippen LogP contribution in [-0.2, 0) is 24.2 Å². The fraction of sp³-hybridized carbons (Fsp3) is 0.483. The molecule has 0 aliphatic rings. The minimum atomic E-state index is -0.903. The van der Waals surface area contributed by atoms with Gasteiger partial charge in [-0.25, -0.2) is 0 Å². The van der Waals surface area contributed by atoms with E-state index in [1.165, 1.54) is 11.1 Å². The molecule has 0 aliphatic carbocycles. The van der Waals surface area contributed by atoms with E-state index in [0.29, 0.717) is 23.9 Å². The first-order chi connectivity index (χ1) is 18.4. The molecule has 2 aromatic carbocycles. The lowest BCUT2D eigenvalue weighted by molar-refractivity contribution is -0.124. The van der Waals surface area contributed by atoms with Gasteiger partial charge < -0.3 is 30.1 Å². The van der Waals surface area contributed by atoms with E-state index in [9.17, 15) is 9.90 Å². The Bertz CT molecular complexity index is 1190. The number of aliphatic hydroxyl groups is 2. The molecule has 9 heteroatoms. The Hall–Kier alpha value is -3.27. The van der Waals surface area contributed by atoms with Gasteiger partial charge in [-0.15, -0.1) is 0 Å². The van der Waals surface area contributed by atoms with E-state index in [-0.39, 0.29) is 13.2 Å². The molecule has 3 aromatic rings. The molecule has 9 nitrogen and oxygen atoms in total. The Kier molecular flexibility index (Phi) is 11.3. The Morgan fingerprint density at radius 2 is 1.87 bits per heavy atom. The Balaban J connectivity index is 1.80. The first-order valence-corrected chi connectivity index (χ1v) is 13.4. The minimum absolute atomic E-state index is 0.000540. The number of carbonyl (C=O) groups is 1. The van der Waals surface area contributed by atoms with Gasteiger partial charge in [-0.3, -0.25) is 4.79 Å². The zero-order valence-corrected chi connectivity index (χ0v) is 22.8. The zero-order valence-electron chi connectivity index (χ0n) is 22.8. The molecule has 0 saturated carbocycles. The van der Waals surface area contributed by atoms with Crippen LogP contribution in [-0.4, -0.2) is 58.7 Å². The van der Waals surface area contributed by atoms with Gasteiger partial charge in [-0.05, 0) is 79.3 Å². The lowest BCUT2D eigenvalue weighted by Gasteiger charge is -2.17. The molecule has 1 atom stereocenters. The number of rotatable bonds is 15. The van der Waals surface area contributed by atoms with Crippen LogP contribution in [0.1, 0.15) is 55.9 Å². The summed E-state index contributed by atoms with van der Waals surface area (Å²) < 4.78 is 11.6. The topological polar surface area (TPSA) is 130 Å². The number of nitrogens with zero attached hydrogens (tertiary/aromatic N) is 2. The predicted octanol–water partition coefficient (Wildman–Crippen LogP) is 3.57. The highest BCUT2D eigenvalue weighted by molar-refractivity contribution is 5.76. The van der Waals surface area contributed by atoms with E-state index in [1.54, 1.807) is 0 Å². The summed E-state index contributed by atoms with van der Waals surface area (Å²) in [7, 11) is 0. The third-order valence-electron chi connectivity index (χ3n) is 6.11. The number of aliphatic hydroxyl groups excluding tert-OH is 2. The maximum Gasteiger partial charge on any atom is 0.258 e. The van der Waals surface area contributed by atoms with Gasteiger partial charge in [0.25, 0.3) is 5.89 Å². The molecule has 1 amide bonds. The monoisotopic (exact) mass is 524 g/mol. The fourth-order valence-corrected chi connectivity index (χ4v) is 4.26. The molecule has 0 spiro atoms. The van der Waals surface area contributed by atoms with Crippen molar-refractivity contribution in [1.29, 1.82) is 0 Å². The van der Waals surface area contributed by atoms with Crippen LogP contribution < -0.4 is 15.4 Å². The van der Waals surface area contributed by atoms with Crippen LogP contribution in [0.5, 0.6) is 5.75 Å². The van der Waals surface area contributed by atoms with Crippen molar-refractivity contribution in [2.24, 2.45) is 0 Å². The number of aryl methyl sites for hydroxylation is 3. The molecule has 0 bridgehead atoms. The first kappa shape index (κ1) is 29.3. The molecule has 0 radical (unpaired) electrons. The third kappa shape index (κ3) is 8.11. The average Bonchev–Trinajstić information content (AvgIpc) is 3.41. The zero-order chi connectivity index (χ0) is 27.5.